The van der Waals surface area contributed by atoms with Crippen LogP contribution in [0.2, 0.25) is 0 Å². The van der Waals surface area contributed by atoms with Crippen molar-refractivity contribution < 1.29 is 14.3 Å². The van der Waals surface area contributed by atoms with E-state index in [4.69, 9.17) is 0 Å². The van der Waals surface area contributed by atoms with Crippen molar-refractivity contribution in [2.45, 2.75) is 31.8 Å². The van der Waals surface area contributed by atoms with Gasteiger partial charge in [-0.15, -0.1) is 0 Å². The van der Waals surface area contributed by atoms with Crippen LogP contribution in [-0.2, 0) is 11.3 Å². The molecule has 1 aromatic carbocycles. The van der Waals surface area contributed by atoms with Crippen molar-refractivity contribution >= 4 is 5.97 Å². The van der Waals surface area contributed by atoms with E-state index in [1.165, 1.54) is 12.1 Å². The van der Waals surface area contributed by atoms with Gasteiger partial charge in [-0.1, -0.05) is 12.1 Å². The molecule has 4 heteroatoms. The highest BCUT2D eigenvalue weighted by Gasteiger charge is 2.50. The molecule has 0 spiro atoms. The van der Waals surface area contributed by atoms with Gasteiger partial charge in [-0.05, 0) is 48.8 Å². The Kier molecular flexibility index (Phi) is 3.27. The van der Waals surface area contributed by atoms with Gasteiger partial charge in [-0.25, -0.2) is 4.39 Å². The lowest BCUT2D eigenvalue weighted by atomic mass is 9.84. The molecule has 19 heavy (non-hydrogen) atoms. The topological polar surface area (TPSA) is 49.3 Å². The molecule has 1 aromatic rings. The predicted molar refractivity (Wildman–Crippen MR) is 69.0 cm³/mol. The van der Waals surface area contributed by atoms with Gasteiger partial charge in [-0.2, -0.15) is 0 Å². The van der Waals surface area contributed by atoms with Gasteiger partial charge in [0.25, 0.3) is 0 Å². The van der Waals surface area contributed by atoms with Crippen LogP contribution in [0.4, 0.5) is 4.39 Å². The van der Waals surface area contributed by atoms with Crippen LogP contribution >= 0.6 is 0 Å². The summed E-state index contributed by atoms with van der Waals surface area (Å²) >= 11 is 0. The second-order valence-electron chi connectivity index (χ2n) is 5.73. The molecule has 0 saturated heterocycles. The Morgan fingerprint density at radius 3 is 2.63 bits per heavy atom. The van der Waals surface area contributed by atoms with Crippen molar-refractivity contribution in [3.05, 3.63) is 35.6 Å². The van der Waals surface area contributed by atoms with Gasteiger partial charge in [0.05, 0.1) is 5.92 Å². The zero-order valence-electron chi connectivity index (χ0n) is 10.7. The maximum Gasteiger partial charge on any atom is 0.308 e. The number of hydrogen-bond donors (Lipinski definition) is 2. The highest BCUT2D eigenvalue weighted by molar-refractivity contribution is 5.72. The molecule has 102 valence electrons. The standard InChI is InChI=1S/C15H18FNO2/c16-12-5-1-9(2-6-12)8-17-14-11-4-3-10(7-11)13(14)15(18)19/h1-2,5-6,10-11,13-14,17H,3-4,7-8H2,(H,18,19). The third-order valence-corrected chi connectivity index (χ3v) is 4.66. The quantitative estimate of drug-likeness (QED) is 0.877. The minimum absolute atomic E-state index is 0.0707. The van der Waals surface area contributed by atoms with E-state index in [1.807, 2.05) is 0 Å². The van der Waals surface area contributed by atoms with E-state index >= 15 is 0 Å². The van der Waals surface area contributed by atoms with Gasteiger partial charge in [0.1, 0.15) is 5.82 Å². The third-order valence-electron chi connectivity index (χ3n) is 4.66. The Morgan fingerprint density at radius 2 is 1.95 bits per heavy atom. The summed E-state index contributed by atoms with van der Waals surface area (Å²) in [5.41, 5.74) is 0.994. The fraction of sp³-hybridized carbons (Fsp3) is 0.533. The lowest BCUT2D eigenvalue weighted by molar-refractivity contribution is -0.144. The second-order valence-corrected chi connectivity index (χ2v) is 5.73. The molecule has 2 fully saturated rings. The van der Waals surface area contributed by atoms with Crippen molar-refractivity contribution in [1.82, 2.24) is 5.32 Å². The van der Waals surface area contributed by atoms with Crippen molar-refractivity contribution in [2.24, 2.45) is 17.8 Å². The van der Waals surface area contributed by atoms with Gasteiger partial charge >= 0.3 is 5.97 Å². The zero-order valence-corrected chi connectivity index (χ0v) is 10.7. The van der Waals surface area contributed by atoms with E-state index in [2.05, 4.69) is 5.32 Å². The summed E-state index contributed by atoms with van der Waals surface area (Å²) in [5.74, 6) is -0.338. The number of benzene rings is 1. The number of fused-ring (bicyclic) bond motifs is 2. The molecular weight excluding hydrogens is 245 g/mol. The highest BCUT2D eigenvalue weighted by atomic mass is 19.1. The number of halogens is 1. The third kappa shape index (κ3) is 2.37. The molecule has 0 heterocycles. The summed E-state index contributed by atoms with van der Waals surface area (Å²) in [5, 5.41) is 12.7. The summed E-state index contributed by atoms with van der Waals surface area (Å²) in [6, 6.07) is 6.43. The van der Waals surface area contributed by atoms with Gasteiger partial charge in [-0.3, -0.25) is 4.79 Å². The van der Waals surface area contributed by atoms with Crippen LogP contribution in [0.5, 0.6) is 0 Å². The minimum Gasteiger partial charge on any atom is -0.481 e. The molecule has 2 saturated carbocycles. The van der Waals surface area contributed by atoms with E-state index in [1.54, 1.807) is 12.1 Å². The van der Waals surface area contributed by atoms with Crippen LogP contribution in [0.15, 0.2) is 24.3 Å². The fourth-order valence-corrected chi connectivity index (χ4v) is 3.78. The molecule has 0 amide bonds. The maximum atomic E-state index is 12.8. The zero-order chi connectivity index (χ0) is 13.4. The first kappa shape index (κ1) is 12.6. The Hall–Kier alpha value is -1.42. The Balaban J connectivity index is 1.65. The van der Waals surface area contributed by atoms with Crippen LogP contribution in [-0.4, -0.2) is 17.1 Å². The van der Waals surface area contributed by atoms with Gasteiger partial charge in [0, 0.05) is 12.6 Å². The molecule has 3 rings (SSSR count). The van der Waals surface area contributed by atoms with Crippen LogP contribution < -0.4 is 5.32 Å². The molecule has 4 atom stereocenters. The summed E-state index contributed by atoms with van der Waals surface area (Å²) in [4.78, 5) is 11.4. The van der Waals surface area contributed by atoms with E-state index in [-0.39, 0.29) is 17.8 Å². The molecule has 0 aliphatic heterocycles. The lowest BCUT2D eigenvalue weighted by Crippen LogP contribution is -2.43. The molecule has 2 bridgehead atoms. The number of nitrogens with one attached hydrogen (secondary N) is 1. The van der Waals surface area contributed by atoms with Crippen molar-refractivity contribution in [3.8, 4) is 0 Å². The first-order valence-electron chi connectivity index (χ1n) is 6.86. The average Bonchev–Trinajstić information content (AvgIpc) is 2.98. The number of rotatable bonds is 4. The highest BCUT2D eigenvalue weighted by Crippen LogP contribution is 2.48. The van der Waals surface area contributed by atoms with E-state index in [0.29, 0.717) is 18.4 Å². The average molecular weight is 263 g/mol. The molecular formula is C15H18FNO2. The van der Waals surface area contributed by atoms with E-state index in [9.17, 15) is 14.3 Å². The second kappa shape index (κ2) is 4.93. The summed E-state index contributed by atoms with van der Waals surface area (Å²) < 4.78 is 12.8. The molecule has 0 aromatic heterocycles. The Morgan fingerprint density at radius 1 is 1.26 bits per heavy atom. The minimum atomic E-state index is -0.677. The number of carbonyl (C=O) groups is 1. The van der Waals surface area contributed by atoms with Crippen molar-refractivity contribution in [1.29, 1.82) is 0 Å². The van der Waals surface area contributed by atoms with E-state index < -0.39 is 5.97 Å². The molecule has 2 aliphatic rings. The lowest BCUT2D eigenvalue weighted by Gasteiger charge is -2.29. The van der Waals surface area contributed by atoms with Crippen LogP contribution in [0.1, 0.15) is 24.8 Å². The van der Waals surface area contributed by atoms with Crippen molar-refractivity contribution in [3.63, 3.8) is 0 Å². The molecule has 4 unspecified atom stereocenters. The number of carboxylic acid groups (broad SMARTS) is 1. The predicted octanol–water partition coefficient (Wildman–Crippen LogP) is 2.41. The van der Waals surface area contributed by atoms with Gasteiger partial charge < -0.3 is 10.4 Å². The maximum absolute atomic E-state index is 12.8. The summed E-state index contributed by atoms with van der Waals surface area (Å²) in [6.07, 6.45) is 3.23. The van der Waals surface area contributed by atoms with Gasteiger partial charge in [0.2, 0.25) is 0 Å². The smallest absolute Gasteiger partial charge is 0.308 e. The number of carboxylic acids is 1. The normalized spacial score (nSPS) is 32.7. The van der Waals surface area contributed by atoms with Crippen LogP contribution in [0, 0.1) is 23.6 Å². The number of hydrogen-bond acceptors (Lipinski definition) is 2. The van der Waals surface area contributed by atoms with Crippen LogP contribution in [0.3, 0.4) is 0 Å². The fourth-order valence-electron chi connectivity index (χ4n) is 3.78. The SMILES string of the molecule is O=C(O)C1C2CCC(C2)C1NCc1ccc(F)cc1. The van der Waals surface area contributed by atoms with Crippen LogP contribution in [0.25, 0.3) is 0 Å². The first-order chi connectivity index (χ1) is 9.15. The number of aliphatic carboxylic acids is 1. The van der Waals surface area contributed by atoms with E-state index in [0.717, 1.165) is 24.8 Å². The van der Waals surface area contributed by atoms with Gasteiger partial charge in [0.15, 0.2) is 0 Å². The Labute approximate surface area is 111 Å². The monoisotopic (exact) mass is 263 g/mol. The largest absolute Gasteiger partial charge is 0.481 e. The molecule has 3 nitrogen and oxygen atoms in total. The summed E-state index contributed by atoms with van der Waals surface area (Å²) in [6.45, 7) is 0.609. The Bertz CT molecular complexity index is 474. The molecule has 2 N–H and O–H groups in total. The van der Waals surface area contributed by atoms with Crippen molar-refractivity contribution in [2.75, 3.05) is 0 Å². The molecule has 2 aliphatic carbocycles. The summed E-state index contributed by atoms with van der Waals surface area (Å²) in [7, 11) is 0. The molecule has 0 radical (unpaired) electrons. The first-order valence-corrected chi connectivity index (χ1v) is 6.86.